The van der Waals surface area contributed by atoms with Gasteiger partial charge in [0.2, 0.25) is 5.95 Å². The van der Waals surface area contributed by atoms with Crippen LogP contribution in [0, 0.1) is 6.92 Å². The molecule has 6 rings (SSSR count). The Morgan fingerprint density at radius 1 is 0.907 bits per heavy atom. The van der Waals surface area contributed by atoms with E-state index in [1.54, 1.807) is 30.5 Å². The summed E-state index contributed by atoms with van der Waals surface area (Å²) in [5.74, 6) is 0.547. The van der Waals surface area contributed by atoms with Crippen molar-refractivity contribution in [3.05, 3.63) is 65.6 Å². The van der Waals surface area contributed by atoms with Crippen LogP contribution in [0.4, 0.5) is 42.0 Å². The van der Waals surface area contributed by atoms with Crippen molar-refractivity contribution < 1.29 is 18.0 Å². The van der Waals surface area contributed by atoms with E-state index in [9.17, 15) is 18.0 Å². The molecule has 0 radical (unpaired) electrons. The van der Waals surface area contributed by atoms with Crippen molar-refractivity contribution in [2.24, 2.45) is 0 Å². The SMILES string of the molecule is Cc1ccc(C(=O)Nc2cc(N3CCN(C)CC3)cc(C(F)(F)F)c2)cc1Nc1ncnc2cnc(N3CCCC3)nc12. The number of carbonyl (C=O) groups is 1. The lowest BCUT2D eigenvalue weighted by Crippen LogP contribution is -2.44. The van der Waals surface area contributed by atoms with Gasteiger partial charge in [0.25, 0.3) is 5.91 Å². The number of hydrogen-bond donors (Lipinski definition) is 2. The maximum Gasteiger partial charge on any atom is 0.416 e. The van der Waals surface area contributed by atoms with Crippen LogP contribution in [0.1, 0.15) is 34.3 Å². The highest BCUT2D eigenvalue weighted by molar-refractivity contribution is 6.05. The van der Waals surface area contributed by atoms with Crippen LogP contribution in [0.25, 0.3) is 11.0 Å². The van der Waals surface area contributed by atoms with Crippen molar-refractivity contribution in [2.45, 2.75) is 25.9 Å². The maximum atomic E-state index is 13.8. The average molecular weight is 592 g/mol. The second kappa shape index (κ2) is 11.6. The topological polar surface area (TPSA) is 102 Å². The molecule has 2 N–H and O–H groups in total. The minimum absolute atomic E-state index is 0.0803. The Hall–Kier alpha value is -4.52. The molecule has 0 saturated carbocycles. The number of anilines is 5. The third kappa shape index (κ3) is 6.31. The molecule has 2 aromatic heterocycles. The Bertz CT molecular complexity index is 1650. The van der Waals surface area contributed by atoms with Crippen molar-refractivity contribution in [3.8, 4) is 0 Å². The first-order chi connectivity index (χ1) is 20.6. The largest absolute Gasteiger partial charge is 0.416 e. The van der Waals surface area contributed by atoms with Crippen molar-refractivity contribution in [1.82, 2.24) is 24.8 Å². The number of alkyl halides is 3. The molecule has 4 heterocycles. The van der Waals surface area contributed by atoms with E-state index in [1.165, 1.54) is 6.33 Å². The fourth-order valence-corrected chi connectivity index (χ4v) is 5.33. The fraction of sp³-hybridized carbons (Fsp3) is 0.367. The van der Waals surface area contributed by atoms with E-state index in [4.69, 9.17) is 4.98 Å². The van der Waals surface area contributed by atoms with E-state index in [0.717, 1.165) is 56.7 Å². The van der Waals surface area contributed by atoms with E-state index in [1.807, 2.05) is 18.9 Å². The summed E-state index contributed by atoms with van der Waals surface area (Å²) >= 11 is 0. The number of rotatable bonds is 6. The van der Waals surface area contributed by atoms with Crippen LogP contribution in [0.3, 0.4) is 0 Å². The van der Waals surface area contributed by atoms with Gasteiger partial charge in [-0.1, -0.05) is 6.07 Å². The molecule has 2 aliphatic heterocycles. The standard InChI is InChI=1S/C30H32F3N9O/c1-19-5-6-20(13-24(19)38-27-26-25(35-18-36-27)17-34-29(39-26)42-7-3-4-8-42)28(43)37-22-14-21(30(31,32)33)15-23(16-22)41-11-9-40(2)10-12-41/h5-6,13-18H,3-4,7-12H2,1-2H3,(H,37,43)(H,35,36,38). The number of halogens is 3. The van der Waals surface area contributed by atoms with Crippen molar-refractivity contribution in [1.29, 1.82) is 0 Å². The number of benzene rings is 2. The molecular weight excluding hydrogens is 559 g/mol. The van der Waals surface area contributed by atoms with Gasteiger partial charge in [-0.25, -0.2) is 19.9 Å². The van der Waals surface area contributed by atoms with Gasteiger partial charge in [-0.05, 0) is 62.7 Å². The summed E-state index contributed by atoms with van der Waals surface area (Å²) in [7, 11) is 1.98. The van der Waals surface area contributed by atoms with Crippen molar-refractivity contribution in [3.63, 3.8) is 0 Å². The molecule has 2 saturated heterocycles. The molecule has 43 heavy (non-hydrogen) atoms. The number of likely N-dealkylation sites (N-methyl/N-ethyl adjacent to an activating group) is 1. The zero-order valence-electron chi connectivity index (χ0n) is 23.9. The summed E-state index contributed by atoms with van der Waals surface area (Å²) in [5, 5.41) is 5.96. The summed E-state index contributed by atoms with van der Waals surface area (Å²) in [5.41, 5.74) is 2.55. The molecule has 13 heteroatoms. The number of aromatic nitrogens is 4. The number of nitrogens with one attached hydrogen (secondary N) is 2. The first-order valence-corrected chi connectivity index (χ1v) is 14.2. The van der Waals surface area contributed by atoms with Crippen LogP contribution in [-0.4, -0.2) is 77.1 Å². The number of amides is 1. The number of fused-ring (bicyclic) bond motifs is 1. The van der Waals surface area contributed by atoms with E-state index in [-0.39, 0.29) is 11.3 Å². The van der Waals surface area contributed by atoms with Crippen LogP contribution < -0.4 is 20.4 Å². The second-order valence-electron chi connectivity index (χ2n) is 11.0. The van der Waals surface area contributed by atoms with Gasteiger partial charge >= 0.3 is 6.18 Å². The van der Waals surface area contributed by atoms with Crippen LogP contribution >= 0.6 is 0 Å². The maximum absolute atomic E-state index is 13.8. The number of nitrogens with zero attached hydrogens (tertiary/aromatic N) is 7. The summed E-state index contributed by atoms with van der Waals surface area (Å²) < 4.78 is 41.4. The summed E-state index contributed by atoms with van der Waals surface area (Å²) in [6.45, 7) is 6.34. The highest BCUT2D eigenvalue weighted by Crippen LogP contribution is 2.35. The van der Waals surface area contributed by atoms with Crippen LogP contribution in [0.2, 0.25) is 0 Å². The quantitative estimate of drug-likeness (QED) is 0.317. The smallest absolute Gasteiger partial charge is 0.369 e. The van der Waals surface area contributed by atoms with Gasteiger partial charge < -0.3 is 25.3 Å². The molecular formula is C30H32F3N9O. The molecule has 0 spiro atoms. The molecule has 2 aromatic carbocycles. The molecule has 0 aliphatic carbocycles. The molecule has 2 fully saturated rings. The molecule has 0 atom stereocenters. The third-order valence-corrected chi connectivity index (χ3v) is 7.88. The van der Waals surface area contributed by atoms with Crippen LogP contribution in [-0.2, 0) is 6.18 Å². The lowest BCUT2D eigenvalue weighted by Gasteiger charge is -2.34. The summed E-state index contributed by atoms with van der Waals surface area (Å²) in [6, 6.07) is 8.76. The zero-order chi connectivity index (χ0) is 30.1. The summed E-state index contributed by atoms with van der Waals surface area (Å²) in [6.07, 6.45) is 0.709. The van der Waals surface area contributed by atoms with Gasteiger partial charge in [-0.2, -0.15) is 13.2 Å². The van der Waals surface area contributed by atoms with Gasteiger partial charge in [0, 0.05) is 61.9 Å². The Morgan fingerprint density at radius 2 is 1.67 bits per heavy atom. The predicted molar refractivity (Wildman–Crippen MR) is 160 cm³/mol. The molecule has 1 amide bonds. The van der Waals surface area contributed by atoms with Crippen molar-refractivity contribution in [2.75, 3.05) is 66.7 Å². The molecule has 224 valence electrons. The number of piperazine rings is 1. The third-order valence-electron chi connectivity index (χ3n) is 7.88. The lowest BCUT2D eigenvalue weighted by molar-refractivity contribution is -0.137. The molecule has 0 bridgehead atoms. The summed E-state index contributed by atoms with van der Waals surface area (Å²) in [4.78, 5) is 37.4. The number of aryl methyl sites for hydroxylation is 1. The highest BCUT2D eigenvalue weighted by Gasteiger charge is 2.32. The van der Waals surface area contributed by atoms with Crippen LogP contribution in [0.5, 0.6) is 0 Å². The monoisotopic (exact) mass is 591 g/mol. The Morgan fingerprint density at radius 3 is 2.42 bits per heavy atom. The highest BCUT2D eigenvalue weighted by atomic mass is 19.4. The first kappa shape index (κ1) is 28.6. The van der Waals surface area contributed by atoms with Gasteiger partial charge in [0.05, 0.1) is 11.8 Å². The van der Waals surface area contributed by atoms with E-state index in [2.05, 4.69) is 35.4 Å². The van der Waals surface area contributed by atoms with Gasteiger partial charge in [-0.3, -0.25) is 4.79 Å². The minimum Gasteiger partial charge on any atom is -0.369 e. The van der Waals surface area contributed by atoms with Crippen molar-refractivity contribution >= 4 is 45.8 Å². The first-order valence-electron chi connectivity index (χ1n) is 14.2. The van der Waals surface area contributed by atoms with E-state index in [0.29, 0.717) is 47.3 Å². The molecule has 2 aliphatic rings. The zero-order valence-corrected chi connectivity index (χ0v) is 23.9. The van der Waals surface area contributed by atoms with E-state index >= 15 is 0 Å². The predicted octanol–water partition coefficient (Wildman–Crippen LogP) is 5.09. The normalized spacial score (nSPS) is 16.1. The van der Waals surface area contributed by atoms with E-state index < -0.39 is 17.6 Å². The molecule has 0 unspecified atom stereocenters. The van der Waals surface area contributed by atoms with Gasteiger partial charge in [0.1, 0.15) is 17.4 Å². The fourth-order valence-electron chi connectivity index (χ4n) is 5.33. The number of carbonyl (C=O) groups excluding carboxylic acids is 1. The lowest BCUT2D eigenvalue weighted by atomic mass is 10.1. The molecule has 10 nitrogen and oxygen atoms in total. The second-order valence-corrected chi connectivity index (χ2v) is 11.0. The van der Waals surface area contributed by atoms with Crippen LogP contribution in [0.15, 0.2) is 48.9 Å². The Kier molecular flexibility index (Phi) is 7.74. The Labute approximate surface area is 247 Å². The molecule has 4 aromatic rings. The minimum atomic E-state index is -4.55. The van der Waals surface area contributed by atoms with Gasteiger partial charge in [-0.15, -0.1) is 0 Å². The average Bonchev–Trinajstić information content (AvgIpc) is 3.53. The Balaban J connectivity index is 1.26. The number of hydrogen-bond acceptors (Lipinski definition) is 9. The van der Waals surface area contributed by atoms with Gasteiger partial charge in [0.15, 0.2) is 5.82 Å².